The number of nitrogens with zero attached hydrogens (tertiary/aromatic N) is 2. The molecule has 1 atom stereocenters. The maximum atomic E-state index is 12.8. The minimum absolute atomic E-state index is 0.215. The number of carbonyl (C=O) groups excluding carboxylic acids is 1. The monoisotopic (exact) mass is 384 g/mol. The third kappa shape index (κ3) is 5.87. The fourth-order valence-corrected chi connectivity index (χ4v) is 4.03. The number of benzene rings is 1. The molecule has 25 heavy (non-hydrogen) atoms. The van der Waals surface area contributed by atoms with E-state index in [2.05, 4.69) is 9.80 Å². The second-order valence-electron chi connectivity index (χ2n) is 6.67. The SMILES string of the molecule is CC.O=C(Cc1ccc(Cl)c(Cl)c1)N1CCCCC1CN1CCCC1. The van der Waals surface area contributed by atoms with Crippen molar-refractivity contribution in [2.24, 2.45) is 0 Å². The minimum atomic E-state index is 0.215. The molecule has 2 aliphatic heterocycles. The van der Waals surface area contributed by atoms with Crippen LogP contribution in [-0.4, -0.2) is 47.9 Å². The molecule has 0 radical (unpaired) electrons. The van der Waals surface area contributed by atoms with Gasteiger partial charge in [-0.25, -0.2) is 0 Å². The summed E-state index contributed by atoms with van der Waals surface area (Å²) in [7, 11) is 0. The van der Waals surface area contributed by atoms with Gasteiger partial charge in [-0.15, -0.1) is 0 Å². The van der Waals surface area contributed by atoms with Crippen LogP contribution in [0.1, 0.15) is 51.5 Å². The van der Waals surface area contributed by atoms with Crippen LogP contribution in [0, 0.1) is 0 Å². The van der Waals surface area contributed by atoms with Crippen LogP contribution in [0.3, 0.4) is 0 Å². The van der Waals surface area contributed by atoms with Crippen LogP contribution in [-0.2, 0) is 11.2 Å². The lowest BCUT2D eigenvalue weighted by molar-refractivity contribution is -0.134. The average Bonchev–Trinajstić information content (AvgIpc) is 3.13. The van der Waals surface area contributed by atoms with Gasteiger partial charge in [-0.3, -0.25) is 4.79 Å². The van der Waals surface area contributed by atoms with E-state index in [9.17, 15) is 4.79 Å². The molecule has 3 nitrogen and oxygen atoms in total. The third-order valence-electron chi connectivity index (χ3n) is 4.95. The first kappa shape index (κ1) is 20.5. The van der Waals surface area contributed by atoms with E-state index in [1.165, 1.54) is 32.4 Å². The molecule has 1 aromatic rings. The largest absolute Gasteiger partial charge is 0.338 e. The van der Waals surface area contributed by atoms with E-state index < -0.39 is 0 Å². The van der Waals surface area contributed by atoms with Crippen molar-refractivity contribution in [3.8, 4) is 0 Å². The van der Waals surface area contributed by atoms with Gasteiger partial charge in [0.1, 0.15) is 0 Å². The van der Waals surface area contributed by atoms with E-state index in [4.69, 9.17) is 23.2 Å². The molecule has 2 saturated heterocycles. The zero-order valence-electron chi connectivity index (χ0n) is 15.4. The lowest BCUT2D eigenvalue weighted by atomic mass is 10.00. The molecule has 5 heteroatoms. The molecule has 2 fully saturated rings. The van der Waals surface area contributed by atoms with Gasteiger partial charge in [-0.2, -0.15) is 0 Å². The fraction of sp³-hybridized carbons (Fsp3) is 0.650. The molecule has 2 aliphatic rings. The second-order valence-corrected chi connectivity index (χ2v) is 7.48. The molecule has 0 spiro atoms. The average molecular weight is 385 g/mol. The van der Waals surface area contributed by atoms with Crippen LogP contribution < -0.4 is 0 Å². The Balaban J connectivity index is 0.00000109. The highest BCUT2D eigenvalue weighted by Gasteiger charge is 2.28. The summed E-state index contributed by atoms with van der Waals surface area (Å²) in [6, 6.07) is 5.84. The Morgan fingerprint density at radius 1 is 1.04 bits per heavy atom. The van der Waals surface area contributed by atoms with Gasteiger partial charge in [0.15, 0.2) is 0 Å². The number of amides is 1. The second kappa shape index (κ2) is 10.4. The first-order valence-electron chi connectivity index (χ1n) is 9.59. The molecule has 140 valence electrons. The van der Waals surface area contributed by atoms with Crippen molar-refractivity contribution in [2.45, 2.75) is 58.4 Å². The summed E-state index contributed by atoms with van der Waals surface area (Å²) in [6.45, 7) is 8.29. The molecular formula is C20H30Cl2N2O. The van der Waals surface area contributed by atoms with Crippen LogP contribution in [0.15, 0.2) is 18.2 Å². The van der Waals surface area contributed by atoms with E-state index in [-0.39, 0.29) is 5.91 Å². The fourth-order valence-electron chi connectivity index (χ4n) is 3.71. The van der Waals surface area contributed by atoms with Gasteiger partial charge in [0.2, 0.25) is 5.91 Å². The number of hydrogen-bond donors (Lipinski definition) is 0. The Kier molecular flexibility index (Phi) is 8.54. The highest BCUT2D eigenvalue weighted by molar-refractivity contribution is 6.42. The summed E-state index contributed by atoms with van der Waals surface area (Å²) >= 11 is 12.0. The lowest BCUT2D eigenvalue weighted by Gasteiger charge is -2.38. The summed E-state index contributed by atoms with van der Waals surface area (Å²) in [5.74, 6) is 0.215. The number of rotatable bonds is 4. The van der Waals surface area contributed by atoms with Crippen molar-refractivity contribution in [3.63, 3.8) is 0 Å². The Bertz CT molecular complexity index is 559. The Morgan fingerprint density at radius 3 is 2.40 bits per heavy atom. The molecule has 0 aliphatic carbocycles. The summed E-state index contributed by atoms with van der Waals surface area (Å²) in [6.07, 6.45) is 6.48. The van der Waals surface area contributed by atoms with Crippen LogP contribution in [0.5, 0.6) is 0 Å². The summed E-state index contributed by atoms with van der Waals surface area (Å²) in [5, 5.41) is 1.05. The third-order valence-corrected chi connectivity index (χ3v) is 5.69. The minimum Gasteiger partial charge on any atom is -0.338 e. The van der Waals surface area contributed by atoms with Crippen molar-refractivity contribution in [3.05, 3.63) is 33.8 Å². The molecule has 0 N–H and O–H groups in total. The van der Waals surface area contributed by atoms with Crippen LogP contribution >= 0.6 is 23.2 Å². The molecule has 0 saturated carbocycles. The molecule has 1 aromatic carbocycles. The van der Waals surface area contributed by atoms with E-state index in [0.717, 1.165) is 31.5 Å². The zero-order chi connectivity index (χ0) is 18.2. The van der Waals surface area contributed by atoms with Crippen LogP contribution in [0.25, 0.3) is 0 Å². The molecule has 0 bridgehead atoms. The highest BCUT2D eigenvalue weighted by Crippen LogP contribution is 2.25. The van der Waals surface area contributed by atoms with Gasteiger partial charge in [0, 0.05) is 19.1 Å². The maximum absolute atomic E-state index is 12.8. The molecule has 3 rings (SSSR count). The molecule has 1 amide bonds. The predicted molar refractivity (Wildman–Crippen MR) is 107 cm³/mol. The Labute approximate surface area is 162 Å². The maximum Gasteiger partial charge on any atom is 0.227 e. The van der Waals surface area contributed by atoms with Crippen molar-refractivity contribution < 1.29 is 4.79 Å². The smallest absolute Gasteiger partial charge is 0.227 e. The molecule has 1 unspecified atom stereocenters. The summed E-state index contributed by atoms with van der Waals surface area (Å²) in [5.41, 5.74) is 0.940. The normalized spacial score (nSPS) is 21.0. The first-order valence-corrected chi connectivity index (χ1v) is 10.3. The quantitative estimate of drug-likeness (QED) is 0.725. The zero-order valence-corrected chi connectivity index (χ0v) is 17.0. The summed E-state index contributed by atoms with van der Waals surface area (Å²) < 4.78 is 0. The molecule has 2 heterocycles. The van der Waals surface area contributed by atoms with E-state index in [1.54, 1.807) is 12.1 Å². The number of hydrogen-bond acceptors (Lipinski definition) is 2. The molecular weight excluding hydrogens is 355 g/mol. The number of likely N-dealkylation sites (tertiary alicyclic amines) is 2. The standard InChI is InChI=1S/C18H24Cl2N2O.C2H6/c19-16-7-6-14(11-17(16)20)12-18(23)22-10-2-1-5-15(22)13-21-8-3-4-9-21;1-2/h6-7,11,15H,1-5,8-10,12-13H2;1-2H3. The van der Waals surface area contributed by atoms with Gasteiger partial charge in [-0.1, -0.05) is 43.1 Å². The number of halogens is 2. The van der Waals surface area contributed by atoms with Gasteiger partial charge < -0.3 is 9.80 Å². The molecule has 0 aromatic heterocycles. The first-order chi connectivity index (χ1) is 12.1. The van der Waals surface area contributed by atoms with Crippen molar-refractivity contribution in [1.82, 2.24) is 9.80 Å². The summed E-state index contributed by atoms with van der Waals surface area (Å²) in [4.78, 5) is 17.4. The van der Waals surface area contributed by atoms with Gasteiger partial charge in [-0.05, 0) is 62.9 Å². The topological polar surface area (TPSA) is 23.6 Å². The van der Waals surface area contributed by atoms with E-state index in [0.29, 0.717) is 22.5 Å². The van der Waals surface area contributed by atoms with Crippen LogP contribution in [0.4, 0.5) is 0 Å². The van der Waals surface area contributed by atoms with Crippen LogP contribution in [0.2, 0.25) is 10.0 Å². The number of carbonyl (C=O) groups is 1. The van der Waals surface area contributed by atoms with Crippen molar-refractivity contribution in [1.29, 1.82) is 0 Å². The highest BCUT2D eigenvalue weighted by atomic mass is 35.5. The van der Waals surface area contributed by atoms with E-state index >= 15 is 0 Å². The predicted octanol–water partition coefficient (Wildman–Crippen LogP) is 5.04. The Hall–Kier alpha value is -0.770. The van der Waals surface area contributed by atoms with Gasteiger partial charge in [0.25, 0.3) is 0 Å². The van der Waals surface area contributed by atoms with E-state index in [1.807, 2.05) is 19.9 Å². The Morgan fingerprint density at radius 2 is 1.72 bits per heavy atom. The number of piperidine rings is 1. The van der Waals surface area contributed by atoms with Gasteiger partial charge in [0.05, 0.1) is 16.5 Å². The van der Waals surface area contributed by atoms with Crippen molar-refractivity contribution >= 4 is 29.1 Å². The van der Waals surface area contributed by atoms with Crippen molar-refractivity contribution in [2.75, 3.05) is 26.2 Å². The lowest BCUT2D eigenvalue weighted by Crippen LogP contribution is -2.49. The van der Waals surface area contributed by atoms with Gasteiger partial charge >= 0.3 is 0 Å².